The third-order valence-electron chi connectivity index (χ3n) is 7.04. The predicted molar refractivity (Wildman–Crippen MR) is 214 cm³/mol. The van der Waals surface area contributed by atoms with E-state index in [1.807, 2.05) is 43.0 Å². The number of aliphatic imine (C=N–C) groups is 1. The molecule has 0 spiro atoms. The number of carboxylic acids is 1. The van der Waals surface area contributed by atoms with Gasteiger partial charge in [-0.25, -0.2) is 0 Å². The van der Waals surface area contributed by atoms with E-state index in [1.165, 1.54) is 24.6 Å². The summed E-state index contributed by atoms with van der Waals surface area (Å²) in [7, 11) is 0. The predicted octanol–water partition coefficient (Wildman–Crippen LogP) is 7.09. The van der Waals surface area contributed by atoms with Crippen molar-refractivity contribution in [3.63, 3.8) is 0 Å². The summed E-state index contributed by atoms with van der Waals surface area (Å²) in [5.41, 5.74) is 11.6. The second-order valence-electron chi connectivity index (χ2n) is 12.0. The maximum Gasteiger partial charge on any atom is 0.324 e. The highest BCUT2D eigenvalue weighted by molar-refractivity contribution is 8.00. The first-order valence-corrected chi connectivity index (χ1v) is 18.2. The van der Waals surface area contributed by atoms with Gasteiger partial charge in [-0.3, -0.25) is 19.4 Å². The van der Waals surface area contributed by atoms with Gasteiger partial charge in [0.25, 0.3) is 0 Å². The van der Waals surface area contributed by atoms with Gasteiger partial charge in [-0.05, 0) is 75.6 Å². The molecule has 2 saturated carbocycles. The van der Waals surface area contributed by atoms with Crippen LogP contribution in [0.5, 0.6) is 0 Å². The maximum atomic E-state index is 12.0. The lowest BCUT2D eigenvalue weighted by molar-refractivity contribution is -0.140. The number of thioether (sulfide) groups is 1. The number of nitrogens with one attached hydrogen (secondary N) is 1. The van der Waals surface area contributed by atoms with Gasteiger partial charge in [-0.1, -0.05) is 65.5 Å². The maximum absolute atomic E-state index is 12.0. The highest BCUT2D eigenvalue weighted by atomic mass is 35.5. The van der Waals surface area contributed by atoms with Crippen LogP contribution in [0.4, 0.5) is 0 Å². The lowest BCUT2D eigenvalue weighted by Gasteiger charge is -2.21. The van der Waals surface area contributed by atoms with Gasteiger partial charge in [0.1, 0.15) is 11.7 Å². The van der Waals surface area contributed by atoms with Crippen molar-refractivity contribution in [2.24, 2.45) is 34.2 Å². The second-order valence-corrected chi connectivity index (χ2v) is 13.7. The van der Waals surface area contributed by atoms with Crippen molar-refractivity contribution in [2.45, 2.75) is 108 Å². The largest absolute Gasteiger partial charge is 0.480 e. The Balaban J connectivity index is -0.000000602. The number of carboxylic acid groups (broad SMARTS) is 1. The number of likely N-dealkylation sites (tertiary alicyclic amines) is 1. The Bertz CT molecular complexity index is 1210. The van der Waals surface area contributed by atoms with Gasteiger partial charge >= 0.3 is 5.97 Å². The molecule has 2 amide bonds. The number of nitrogens with two attached hydrogens (primary N) is 2. The molecule has 4 rings (SSSR count). The molecule has 3 fully saturated rings. The Morgan fingerprint density at radius 3 is 2.08 bits per heavy atom. The van der Waals surface area contributed by atoms with Crippen LogP contribution in [-0.4, -0.2) is 64.6 Å². The summed E-state index contributed by atoms with van der Waals surface area (Å²) >= 11 is 7.21. The molecule has 1 aromatic carbocycles. The third kappa shape index (κ3) is 21.4. The van der Waals surface area contributed by atoms with Gasteiger partial charge in [-0.2, -0.15) is 0 Å². The molecule has 3 aliphatic rings. The highest BCUT2D eigenvalue weighted by Gasteiger charge is 2.55. The molecular weight excluding hydrogens is 670 g/mol. The molecule has 1 heterocycles. The number of primary amides is 1. The van der Waals surface area contributed by atoms with E-state index in [-0.39, 0.29) is 29.1 Å². The minimum Gasteiger partial charge on any atom is -0.480 e. The third-order valence-corrected chi connectivity index (χ3v) is 8.56. The van der Waals surface area contributed by atoms with Crippen LogP contribution in [0.1, 0.15) is 85.6 Å². The van der Waals surface area contributed by atoms with Gasteiger partial charge in [0.15, 0.2) is 0 Å². The van der Waals surface area contributed by atoms with E-state index in [2.05, 4.69) is 76.6 Å². The monoisotopic (exact) mass is 731 g/mol. The summed E-state index contributed by atoms with van der Waals surface area (Å²) in [5.74, 6) is 0.951. The molecule has 1 saturated heterocycles. The van der Waals surface area contributed by atoms with Crippen LogP contribution in [0.25, 0.3) is 0 Å². The molecule has 0 bridgehead atoms. The Hall–Kier alpha value is -3.70. The number of nitrogens with zero attached hydrogens (tertiary/aromatic N) is 2. The van der Waals surface area contributed by atoms with Crippen LogP contribution in [0.15, 0.2) is 59.1 Å². The van der Waals surface area contributed by atoms with E-state index in [0.717, 1.165) is 53.8 Å². The van der Waals surface area contributed by atoms with E-state index in [4.69, 9.17) is 28.2 Å². The molecule has 50 heavy (non-hydrogen) atoms. The first-order valence-electron chi connectivity index (χ1n) is 16.8. The number of allylic oxidation sites excluding steroid dienone is 1. The zero-order valence-corrected chi connectivity index (χ0v) is 32.6. The van der Waals surface area contributed by atoms with Crippen LogP contribution in [-0.2, 0) is 20.3 Å². The second kappa shape index (κ2) is 29.1. The molecule has 280 valence electrons. The summed E-state index contributed by atoms with van der Waals surface area (Å²) in [6.07, 6.45) is 23.7. The molecule has 3 unspecified atom stereocenters. The number of halogens is 1. The number of carbonyl (C=O) groups is 3. The van der Waals surface area contributed by atoms with E-state index < -0.39 is 11.5 Å². The Morgan fingerprint density at radius 2 is 1.68 bits per heavy atom. The fourth-order valence-electron chi connectivity index (χ4n) is 4.10. The average Bonchev–Trinajstić information content (AvgIpc) is 4.01. The van der Waals surface area contributed by atoms with Crippen molar-refractivity contribution in [1.82, 2.24) is 10.2 Å². The number of amides is 2. The van der Waals surface area contributed by atoms with Crippen molar-refractivity contribution in [1.29, 1.82) is 0 Å². The zero-order valence-electron chi connectivity index (χ0n) is 31.1. The summed E-state index contributed by atoms with van der Waals surface area (Å²) in [6, 6.07) is 7.74. The van der Waals surface area contributed by atoms with Crippen molar-refractivity contribution < 1.29 is 19.5 Å². The number of alkyl halides is 1. The fraction of sp³-hybridized carbons (Fsp3) is 0.538. The van der Waals surface area contributed by atoms with Crippen LogP contribution in [0, 0.1) is 43.4 Å². The number of rotatable bonds is 12. The first kappa shape index (κ1) is 50.7. The molecule has 2 aliphatic carbocycles. The molecule has 1 aliphatic heterocycles. The average molecular weight is 732 g/mol. The van der Waals surface area contributed by atoms with Crippen molar-refractivity contribution >= 4 is 47.9 Å². The van der Waals surface area contributed by atoms with E-state index in [0.29, 0.717) is 18.8 Å². The molecule has 9 nitrogen and oxygen atoms in total. The Labute approximate surface area is 312 Å². The molecule has 0 aromatic heterocycles. The minimum absolute atomic E-state index is 0.0130. The molecule has 4 atom stereocenters. The van der Waals surface area contributed by atoms with Crippen LogP contribution in [0.3, 0.4) is 0 Å². The van der Waals surface area contributed by atoms with Crippen molar-refractivity contribution in [3.05, 3.63) is 54.8 Å². The molecule has 0 radical (unpaired) electrons. The number of hydrogen-bond acceptors (Lipinski definition) is 7. The summed E-state index contributed by atoms with van der Waals surface area (Å²) < 4.78 is 0. The van der Waals surface area contributed by atoms with Crippen molar-refractivity contribution in [3.8, 4) is 25.7 Å². The minimum atomic E-state index is -0.984. The van der Waals surface area contributed by atoms with Crippen LogP contribution < -0.4 is 16.8 Å². The molecule has 6 N–H and O–H groups in total. The number of carbonyl (C=O) groups excluding carboxylic acids is 2. The SMILES string of the molecule is C#C.C#C.C=CC1CC1(N)C(=O)O.C=N[C@@H]1CCCN1C(=O)CNC(=C)CC1CC1.CC.CC(C)C.CC(Sc1ccccc1CCl)C(N)=O. The van der Waals surface area contributed by atoms with Crippen molar-refractivity contribution in [2.75, 3.05) is 13.1 Å². The Morgan fingerprint density at radius 1 is 1.14 bits per heavy atom. The lowest BCUT2D eigenvalue weighted by atomic mass is 10.2. The molecular formula is C39H62ClN5O4S. The lowest BCUT2D eigenvalue weighted by Crippen LogP contribution is -2.40. The van der Waals surface area contributed by atoms with E-state index in [9.17, 15) is 14.4 Å². The normalized spacial score (nSPS) is 19.6. The topological polar surface area (TPSA) is 151 Å². The summed E-state index contributed by atoms with van der Waals surface area (Å²) in [5, 5.41) is 11.3. The van der Waals surface area contributed by atoms with Gasteiger partial charge in [-0.15, -0.1) is 55.6 Å². The van der Waals surface area contributed by atoms with Gasteiger partial charge in [0.2, 0.25) is 11.8 Å². The number of benzene rings is 1. The van der Waals surface area contributed by atoms with Gasteiger partial charge in [0.05, 0.1) is 11.8 Å². The van der Waals surface area contributed by atoms with E-state index in [1.54, 1.807) is 13.0 Å². The fourth-order valence-corrected chi connectivity index (χ4v) is 5.35. The first-order chi connectivity index (χ1) is 23.7. The smallest absolute Gasteiger partial charge is 0.324 e. The van der Waals surface area contributed by atoms with Gasteiger partial charge < -0.3 is 26.8 Å². The van der Waals surface area contributed by atoms with Gasteiger partial charge in [0, 0.05) is 28.9 Å². The summed E-state index contributed by atoms with van der Waals surface area (Å²) in [6.45, 7) is 24.4. The number of aliphatic carboxylic acids is 1. The number of terminal acetylenes is 2. The molecule has 1 aromatic rings. The Kier molecular flexibility index (Phi) is 29.5. The standard InChI is InChI=1S/C13H21N3O.C10H12ClNOS.C6H9NO2.C4H10.C2H6.2C2H2/c1-10(8-11-5-6-11)15-9-13(17)16-7-3-4-12(16)14-2;1-7(10(12)13)14-9-5-3-2-4-8(9)6-11;1-2-4-3-6(4,7)5(8)9;1-4(2)3;3*1-2/h11-12,15H,1-9H2;2-5,7H,6H2,1H3,(H2,12,13);2,4H,1,3,7H2,(H,8,9);4H,1-3H3;1-2H3;2*1-2H/t12-;;;;;;/m0....../s1. The quantitative estimate of drug-likeness (QED) is 0.0589. The van der Waals surface area contributed by atoms with E-state index >= 15 is 0 Å². The molecule has 11 heteroatoms. The number of hydrogen-bond donors (Lipinski definition) is 4. The summed E-state index contributed by atoms with van der Waals surface area (Å²) in [4.78, 5) is 39.9. The van der Waals surface area contributed by atoms with Crippen LogP contribution >= 0.6 is 23.4 Å². The van der Waals surface area contributed by atoms with Crippen LogP contribution in [0.2, 0.25) is 0 Å². The highest BCUT2D eigenvalue weighted by Crippen LogP contribution is 2.41. The zero-order chi connectivity index (χ0) is 39.4.